The zero-order valence-electron chi connectivity index (χ0n) is 11.2. The van der Waals surface area contributed by atoms with E-state index in [1.165, 1.54) is 11.8 Å². The van der Waals surface area contributed by atoms with Crippen molar-refractivity contribution in [2.45, 2.75) is 18.7 Å². The molecule has 6 heteroatoms. The summed E-state index contributed by atoms with van der Waals surface area (Å²) in [6.07, 6.45) is 0.209. The van der Waals surface area contributed by atoms with E-state index in [2.05, 4.69) is 0 Å². The number of carbonyl (C=O) groups is 2. The molecule has 1 aromatic carbocycles. The number of nitrogens with zero attached hydrogens (tertiary/aromatic N) is 1. The molecular formula is C14H16ClNO3S. The highest BCUT2D eigenvalue weighted by Crippen LogP contribution is 2.41. The summed E-state index contributed by atoms with van der Waals surface area (Å²) >= 11 is 7.72. The summed E-state index contributed by atoms with van der Waals surface area (Å²) in [5, 5.41) is 0.520. The molecule has 1 atom stereocenters. The average Bonchev–Trinajstić information content (AvgIpc) is 2.78. The monoisotopic (exact) mass is 313 g/mol. The molecule has 20 heavy (non-hydrogen) atoms. The van der Waals surface area contributed by atoms with Gasteiger partial charge in [0.2, 0.25) is 5.91 Å². The number of thioether (sulfide) groups is 1. The van der Waals surface area contributed by atoms with Gasteiger partial charge >= 0.3 is 5.97 Å². The predicted octanol–water partition coefficient (Wildman–Crippen LogP) is 2.87. The van der Waals surface area contributed by atoms with Crippen LogP contribution in [0.15, 0.2) is 24.3 Å². The van der Waals surface area contributed by atoms with Crippen molar-refractivity contribution in [3.63, 3.8) is 0 Å². The quantitative estimate of drug-likeness (QED) is 0.784. The SMILES string of the molecule is CCOC(=O)CCN1C(=O)CSC1c1ccccc1Cl. The summed E-state index contributed by atoms with van der Waals surface area (Å²) < 4.78 is 4.89. The molecule has 0 spiro atoms. The molecule has 0 saturated carbocycles. The van der Waals surface area contributed by atoms with Gasteiger partial charge in [-0.25, -0.2) is 0 Å². The van der Waals surface area contributed by atoms with Crippen LogP contribution in [0.1, 0.15) is 24.3 Å². The Hall–Kier alpha value is -1.20. The van der Waals surface area contributed by atoms with Crippen molar-refractivity contribution in [3.05, 3.63) is 34.9 Å². The smallest absolute Gasteiger partial charge is 0.307 e. The summed E-state index contributed by atoms with van der Waals surface area (Å²) in [6.45, 7) is 2.48. The highest BCUT2D eigenvalue weighted by molar-refractivity contribution is 8.00. The Bertz CT molecular complexity index is 509. The first kappa shape index (κ1) is 15.2. The maximum absolute atomic E-state index is 11.9. The second-order valence-electron chi connectivity index (χ2n) is 4.33. The van der Waals surface area contributed by atoms with Crippen LogP contribution < -0.4 is 0 Å². The minimum absolute atomic E-state index is 0.0317. The standard InChI is InChI=1S/C14H16ClNO3S/c1-2-19-13(18)7-8-16-12(17)9-20-14(16)10-5-3-4-6-11(10)15/h3-6,14H,2,7-9H2,1H3. The number of hydrogen-bond donors (Lipinski definition) is 0. The first-order valence-corrected chi connectivity index (χ1v) is 7.87. The molecule has 1 saturated heterocycles. The lowest BCUT2D eigenvalue weighted by molar-refractivity contribution is -0.143. The van der Waals surface area contributed by atoms with Gasteiger partial charge in [0.05, 0.1) is 18.8 Å². The van der Waals surface area contributed by atoms with Gasteiger partial charge in [-0.2, -0.15) is 0 Å². The molecule has 0 radical (unpaired) electrons. The summed E-state index contributed by atoms with van der Waals surface area (Å²) in [6, 6.07) is 7.48. The van der Waals surface area contributed by atoms with Crippen molar-refractivity contribution in [2.24, 2.45) is 0 Å². The number of halogens is 1. The van der Waals surface area contributed by atoms with Gasteiger partial charge in [-0.15, -0.1) is 11.8 Å². The molecule has 1 fully saturated rings. The Labute approximate surface area is 127 Å². The first-order valence-electron chi connectivity index (χ1n) is 6.44. The lowest BCUT2D eigenvalue weighted by Gasteiger charge is -2.24. The molecule has 0 aromatic heterocycles. The molecule has 1 amide bonds. The topological polar surface area (TPSA) is 46.6 Å². The number of rotatable bonds is 5. The van der Waals surface area contributed by atoms with E-state index >= 15 is 0 Å². The second kappa shape index (κ2) is 6.99. The van der Waals surface area contributed by atoms with E-state index in [4.69, 9.17) is 16.3 Å². The zero-order valence-corrected chi connectivity index (χ0v) is 12.7. The third-order valence-electron chi connectivity index (χ3n) is 3.00. The van der Waals surface area contributed by atoms with Crippen molar-refractivity contribution in [2.75, 3.05) is 18.9 Å². The molecule has 4 nitrogen and oxygen atoms in total. The van der Waals surface area contributed by atoms with Crippen LogP contribution >= 0.6 is 23.4 Å². The molecule has 1 heterocycles. The fourth-order valence-electron chi connectivity index (χ4n) is 2.07. The van der Waals surface area contributed by atoms with Crippen LogP contribution in [0.3, 0.4) is 0 Å². The molecule has 1 unspecified atom stereocenters. The minimum atomic E-state index is -0.282. The molecule has 0 N–H and O–H groups in total. The van der Waals surface area contributed by atoms with Crippen molar-refractivity contribution >= 4 is 35.2 Å². The van der Waals surface area contributed by atoms with Crippen molar-refractivity contribution < 1.29 is 14.3 Å². The summed E-state index contributed by atoms with van der Waals surface area (Å²) in [4.78, 5) is 25.1. The number of esters is 1. The van der Waals surface area contributed by atoms with E-state index < -0.39 is 0 Å². The lowest BCUT2D eigenvalue weighted by atomic mass is 10.2. The maximum Gasteiger partial charge on any atom is 0.307 e. The molecule has 0 aliphatic carbocycles. The first-order chi connectivity index (χ1) is 9.63. The van der Waals surface area contributed by atoms with Gasteiger partial charge in [-0.3, -0.25) is 9.59 Å². The van der Waals surface area contributed by atoms with Crippen molar-refractivity contribution in [3.8, 4) is 0 Å². The van der Waals surface area contributed by atoms with Crippen LogP contribution in [0, 0.1) is 0 Å². The fourth-order valence-corrected chi connectivity index (χ4v) is 3.63. The van der Waals surface area contributed by atoms with Gasteiger partial charge in [0, 0.05) is 17.1 Å². The molecule has 2 rings (SSSR count). The minimum Gasteiger partial charge on any atom is -0.466 e. The fraction of sp³-hybridized carbons (Fsp3) is 0.429. The summed E-state index contributed by atoms with van der Waals surface area (Å²) in [5.41, 5.74) is 0.911. The number of ether oxygens (including phenoxy) is 1. The van der Waals surface area contributed by atoms with E-state index in [1.807, 2.05) is 24.3 Å². The van der Waals surface area contributed by atoms with Crippen LogP contribution in [0.2, 0.25) is 5.02 Å². The van der Waals surface area contributed by atoms with Crippen molar-refractivity contribution in [1.82, 2.24) is 4.90 Å². The largest absolute Gasteiger partial charge is 0.466 e. The Kier molecular flexibility index (Phi) is 5.31. The van der Waals surface area contributed by atoms with E-state index in [0.717, 1.165) is 5.56 Å². The summed E-state index contributed by atoms with van der Waals surface area (Å²) in [5.74, 6) is 0.165. The maximum atomic E-state index is 11.9. The van der Waals surface area contributed by atoms with Gasteiger partial charge in [-0.1, -0.05) is 29.8 Å². The van der Waals surface area contributed by atoms with Gasteiger partial charge in [0.15, 0.2) is 0 Å². The van der Waals surface area contributed by atoms with Gasteiger partial charge in [0.25, 0.3) is 0 Å². The normalized spacial score (nSPS) is 18.4. The number of benzene rings is 1. The Morgan fingerprint density at radius 3 is 2.95 bits per heavy atom. The van der Waals surface area contributed by atoms with Crippen LogP contribution in [0.4, 0.5) is 0 Å². The Morgan fingerprint density at radius 1 is 1.50 bits per heavy atom. The van der Waals surface area contributed by atoms with Crippen LogP contribution in [0.5, 0.6) is 0 Å². The van der Waals surface area contributed by atoms with E-state index in [1.54, 1.807) is 11.8 Å². The average molecular weight is 314 g/mol. The molecule has 0 bridgehead atoms. The third kappa shape index (κ3) is 3.46. The lowest BCUT2D eigenvalue weighted by Crippen LogP contribution is -2.31. The molecule has 108 valence electrons. The van der Waals surface area contributed by atoms with Crippen LogP contribution in [0.25, 0.3) is 0 Å². The number of hydrogen-bond acceptors (Lipinski definition) is 4. The van der Waals surface area contributed by atoms with Crippen molar-refractivity contribution in [1.29, 1.82) is 0 Å². The van der Waals surface area contributed by atoms with Gasteiger partial charge in [0.1, 0.15) is 5.37 Å². The predicted molar refractivity (Wildman–Crippen MR) is 79.6 cm³/mol. The number of amides is 1. The summed E-state index contributed by atoms with van der Waals surface area (Å²) in [7, 11) is 0. The highest BCUT2D eigenvalue weighted by Gasteiger charge is 2.33. The molecule has 1 aliphatic rings. The Morgan fingerprint density at radius 2 is 2.25 bits per heavy atom. The molecule has 1 aromatic rings. The second-order valence-corrected chi connectivity index (χ2v) is 5.80. The van der Waals surface area contributed by atoms with Crippen LogP contribution in [-0.2, 0) is 14.3 Å². The van der Waals surface area contributed by atoms with Gasteiger partial charge in [-0.05, 0) is 13.0 Å². The van der Waals surface area contributed by atoms with E-state index in [-0.39, 0.29) is 23.7 Å². The van der Waals surface area contributed by atoms with Gasteiger partial charge < -0.3 is 9.64 Å². The molecule has 1 aliphatic heterocycles. The van der Waals surface area contributed by atoms with Crippen LogP contribution in [-0.4, -0.2) is 35.7 Å². The number of carbonyl (C=O) groups excluding carboxylic acids is 2. The van der Waals surface area contributed by atoms with E-state index in [0.29, 0.717) is 23.9 Å². The van der Waals surface area contributed by atoms with E-state index in [9.17, 15) is 9.59 Å². The Balaban J connectivity index is 2.07. The highest BCUT2D eigenvalue weighted by atomic mass is 35.5. The third-order valence-corrected chi connectivity index (χ3v) is 4.58. The zero-order chi connectivity index (χ0) is 14.5. The molecular weight excluding hydrogens is 298 g/mol.